The van der Waals surface area contributed by atoms with Crippen LogP contribution in [-0.2, 0) is 0 Å². The van der Waals surface area contributed by atoms with Gasteiger partial charge in [0.05, 0.1) is 12.1 Å². The highest BCUT2D eigenvalue weighted by atomic mass is 35.5. The van der Waals surface area contributed by atoms with Crippen LogP contribution in [0, 0.1) is 0 Å². The summed E-state index contributed by atoms with van der Waals surface area (Å²) in [7, 11) is 0. The van der Waals surface area contributed by atoms with Crippen molar-refractivity contribution >= 4 is 28.5 Å². The lowest BCUT2D eigenvalue weighted by atomic mass is 10.3. The Morgan fingerprint density at radius 3 is 2.88 bits per heavy atom. The Bertz CT molecular complexity index is 506. The van der Waals surface area contributed by atoms with Crippen molar-refractivity contribution in [2.75, 3.05) is 11.9 Å². The molecule has 0 saturated carbocycles. The van der Waals surface area contributed by atoms with Crippen LogP contribution in [0.1, 0.15) is 0 Å². The molecule has 16 heavy (non-hydrogen) atoms. The number of pyridine rings is 1. The van der Waals surface area contributed by atoms with Crippen LogP contribution in [0.2, 0.25) is 5.15 Å². The molecule has 84 valence electrons. The summed E-state index contributed by atoms with van der Waals surface area (Å²) in [6.07, 6.45) is -1.17. The van der Waals surface area contributed by atoms with Crippen molar-refractivity contribution in [3.63, 3.8) is 0 Å². The van der Waals surface area contributed by atoms with Gasteiger partial charge in [0.1, 0.15) is 17.0 Å². The molecule has 0 spiro atoms. The zero-order chi connectivity index (χ0) is 11.5. The largest absolute Gasteiger partial charge is 0.362 e. The molecule has 1 N–H and O–H groups in total. The standard InChI is InChI=1S/C9H7ClF2N4/c10-6-2-1-5-8(16-6)9(15-4-14-5)13-3-7(11)12/h1-2,4,7H,3H2,(H,13,14,15). The van der Waals surface area contributed by atoms with E-state index in [0.717, 1.165) is 0 Å². The van der Waals surface area contributed by atoms with Gasteiger partial charge in [-0.3, -0.25) is 0 Å². The third-order valence-electron chi connectivity index (χ3n) is 1.87. The van der Waals surface area contributed by atoms with Gasteiger partial charge in [-0.1, -0.05) is 11.6 Å². The molecule has 7 heteroatoms. The average Bonchev–Trinajstić information content (AvgIpc) is 2.26. The molecule has 2 aromatic rings. The molecule has 0 atom stereocenters. The molecule has 0 aliphatic heterocycles. The molecule has 0 unspecified atom stereocenters. The quantitative estimate of drug-likeness (QED) is 0.842. The maximum absolute atomic E-state index is 12.0. The number of rotatable bonds is 3. The summed E-state index contributed by atoms with van der Waals surface area (Å²) < 4.78 is 24.1. The van der Waals surface area contributed by atoms with E-state index in [-0.39, 0.29) is 11.0 Å². The lowest BCUT2D eigenvalue weighted by Gasteiger charge is -2.06. The fraction of sp³-hybridized carbons (Fsp3) is 0.222. The van der Waals surface area contributed by atoms with Crippen molar-refractivity contribution < 1.29 is 8.78 Å². The second-order valence-corrected chi connectivity index (χ2v) is 3.38. The van der Waals surface area contributed by atoms with E-state index in [2.05, 4.69) is 20.3 Å². The predicted octanol–water partition coefficient (Wildman–Crippen LogP) is 2.36. The molecule has 2 rings (SSSR count). The molecule has 0 amide bonds. The van der Waals surface area contributed by atoms with Crippen molar-refractivity contribution in [3.8, 4) is 0 Å². The number of nitrogens with one attached hydrogen (secondary N) is 1. The first-order chi connectivity index (χ1) is 7.66. The van der Waals surface area contributed by atoms with Crippen LogP contribution < -0.4 is 5.32 Å². The molecule has 0 fully saturated rings. The molecule has 0 radical (unpaired) electrons. The van der Waals surface area contributed by atoms with Crippen molar-refractivity contribution in [2.45, 2.75) is 6.43 Å². The van der Waals surface area contributed by atoms with Gasteiger partial charge in [-0.25, -0.2) is 23.7 Å². The van der Waals surface area contributed by atoms with E-state index in [4.69, 9.17) is 11.6 Å². The number of nitrogens with zero attached hydrogens (tertiary/aromatic N) is 3. The van der Waals surface area contributed by atoms with Crippen LogP contribution in [0.3, 0.4) is 0 Å². The van der Waals surface area contributed by atoms with Gasteiger partial charge >= 0.3 is 0 Å². The van der Waals surface area contributed by atoms with Crippen LogP contribution in [0.5, 0.6) is 0 Å². The molecule has 4 nitrogen and oxygen atoms in total. The molecule has 0 saturated heterocycles. The number of fused-ring (bicyclic) bond motifs is 1. The van der Waals surface area contributed by atoms with Gasteiger partial charge in [-0.15, -0.1) is 0 Å². The van der Waals surface area contributed by atoms with Crippen molar-refractivity contribution in [1.29, 1.82) is 0 Å². The van der Waals surface area contributed by atoms with E-state index in [1.165, 1.54) is 6.33 Å². The Labute approximate surface area is 94.7 Å². The van der Waals surface area contributed by atoms with E-state index >= 15 is 0 Å². The van der Waals surface area contributed by atoms with Gasteiger partial charge in [0.15, 0.2) is 5.82 Å². The lowest BCUT2D eigenvalue weighted by Crippen LogP contribution is -2.12. The van der Waals surface area contributed by atoms with Crippen LogP contribution >= 0.6 is 11.6 Å². The minimum Gasteiger partial charge on any atom is -0.362 e. The topological polar surface area (TPSA) is 50.7 Å². The Hall–Kier alpha value is -1.56. The SMILES string of the molecule is FC(F)CNc1ncnc2ccc(Cl)nc12. The Balaban J connectivity index is 2.40. The first kappa shape index (κ1) is 10.9. The molecule has 2 heterocycles. The third kappa shape index (κ3) is 2.33. The number of halogens is 3. The highest BCUT2D eigenvalue weighted by Crippen LogP contribution is 2.19. The van der Waals surface area contributed by atoms with Gasteiger partial charge in [0, 0.05) is 0 Å². The maximum atomic E-state index is 12.0. The summed E-state index contributed by atoms with van der Waals surface area (Å²) >= 11 is 5.71. The summed E-state index contributed by atoms with van der Waals surface area (Å²) in [5.74, 6) is 0.257. The van der Waals surface area contributed by atoms with Crippen LogP contribution in [0.4, 0.5) is 14.6 Å². The summed E-state index contributed by atoms with van der Waals surface area (Å²) in [5.41, 5.74) is 0.937. The van der Waals surface area contributed by atoms with Gasteiger partial charge in [-0.05, 0) is 12.1 Å². The summed E-state index contributed by atoms with van der Waals surface area (Å²) in [4.78, 5) is 11.8. The predicted molar refractivity (Wildman–Crippen MR) is 56.8 cm³/mol. The van der Waals surface area contributed by atoms with E-state index in [0.29, 0.717) is 11.0 Å². The zero-order valence-corrected chi connectivity index (χ0v) is 8.75. The molecular formula is C9H7ClF2N4. The third-order valence-corrected chi connectivity index (χ3v) is 2.08. The van der Waals surface area contributed by atoms with Gasteiger partial charge < -0.3 is 5.32 Å². The Morgan fingerprint density at radius 1 is 1.31 bits per heavy atom. The smallest absolute Gasteiger partial charge is 0.255 e. The second-order valence-electron chi connectivity index (χ2n) is 3.00. The monoisotopic (exact) mass is 244 g/mol. The minimum absolute atomic E-state index is 0.257. The molecule has 0 bridgehead atoms. The first-order valence-corrected chi connectivity index (χ1v) is 4.84. The molecular weight excluding hydrogens is 238 g/mol. The summed E-state index contributed by atoms with van der Waals surface area (Å²) in [6.45, 7) is -0.486. The Morgan fingerprint density at radius 2 is 2.12 bits per heavy atom. The zero-order valence-electron chi connectivity index (χ0n) is 7.99. The summed E-state index contributed by atoms with van der Waals surface area (Å²) in [5, 5.41) is 2.76. The first-order valence-electron chi connectivity index (χ1n) is 4.46. The number of hydrogen-bond acceptors (Lipinski definition) is 4. The number of anilines is 1. The highest BCUT2D eigenvalue weighted by molar-refractivity contribution is 6.29. The second kappa shape index (κ2) is 4.52. The fourth-order valence-electron chi connectivity index (χ4n) is 1.22. The van der Waals surface area contributed by atoms with E-state index in [1.54, 1.807) is 12.1 Å². The fourth-order valence-corrected chi connectivity index (χ4v) is 1.37. The van der Waals surface area contributed by atoms with Crippen molar-refractivity contribution in [2.24, 2.45) is 0 Å². The molecule has 0 aliphatic rings. The number of aromatic nitrogens is 3. The van der Waals surface area contributed by atoms with Crippen molar-refractivity contribution in [3.05, 3.63) is 23.6 Å². The van der Waals surface area contributed by atoms with E-state index in [9.17, 15) is 8.78 Å². The number of hydrogen-bond donors (Lipinski definition) is 1. The average molecular weight is 245 g/mol. The maximum Gasteiger partial charge on any atom is 0.255 e. The minimum atomic E-state index is -2.45. The van der Waals surface area contributed by atoms with E-state index in [1.807, 2.05) is 0 Å². The Kier molecular flexibility index (Phi) is 3.09. The normalized spacial score (nSPS) is 11.0. The van der Waals surface area contributed by atoms with Crippen LogP contribution in [0.25, 0.3) is 11.0 Å². The summed E-state index contributed by atoms with van der Waals surface area (Å²) in [6, 6.07) is 3.23. The molecule has 2 aromatic heterocycles. The van der Waals surface area contributed by atoms with E-state index < -0.39 is 13.0 Å². The highest BCUT2D eigenvalue weighted by Gasteiger charge is 2.08. The number of alkyl halides is 2. The van der Waals surface area contributed by atoms with Gasteiger partial charge in [0.25, 0.3) is 6.43 Å². The lowest BCUT2D eigenvalue weighted by molar-refractivity contribution is 0.163. The molecule has 0 aliphatic carbocycles. The van der Waals surface area contributed by atoms with Crippen molar-refractivity contribution in [1.82, 2.24) is 15.0 Å². The van der Waals surface area contributed by atoms with Crippen LogP contribution in [-0.4, -0.2) is 27.9 Å². The van der Waals surface area contributed by atoms with Crippen LogP contribution in [0.15, 0.2) is 18.5 Å². The van der Waals surface area contributed by atoms with Gasteiger partial charge in [-0.2, -0.15) is 0 Å². The van der Waals surface area contributed by atoms with Gasteiger partial charge in [0.2, 0.25) is 0 Å². The molecule has 0 aromatic carbocycles.